The van der Waals surface area contributed by atoms with Gasteiger partial charge >= 0.3 is 0 Å². The van der Waals surface area contributed by atoms with Crippen molar-refractivity contribution in [1.82, 2.24) is 4.98 Å². The number of likely N-dealkylation sites (N-methyl/N-ethyl adjacent to an activating group) is 1. The maximum atomic E-state index is 5.80. The summed E-state index contributed by atoms with van der Waals surface area (Å²) in [7, 11) is 3.64. The van der Waals surface area contributed by atoms with E-state index < -0.39 is 0 Å². The molecule has 1 rings (SSSR count). The lowest BCUT2D eigenvalue weighted by Crippen LogP contribution is -2.23. The molecule has 0 spiro atoms. The number of hydrogen-bond acceptors (Lipinski definition) is 5. The van der Waals surface area contributed by atoms with Crippen LogP contribution < -0.4 is 15.4 Å². The molecule has 5 heteroatoms. The molecule has 0 aromatic carbocycles. The Kier molecular flexibility index (Phi) is 5.56. The van der Waals surface area contributed by atoms with Crippen LogP contribution in [0, 0.1) is 0 Å². The number of ether oxygens (including phenoxy) is 2. The highest BCUT2D eigenvalue weighted by Crippen LogP contribution is 2.22. The lowest BCUT2D eigenvalue weighted by molar-refractivity contribution is 0.206. The van der Waals surface area contributed by atoms with Gasteiger partial charge in [0.2, 0.25) is 5.88 Å². The number of nitrogen functional groups attached to an aromatic ring is 1. The second-order valence-corrected chi connectivity index (χ2v) is 3.83. The minimum atomic E-state index is 0.508. The van der Waals surface area contributed by atoms with Crippen LogP contribution in [0.5, 0.6) is 5.88 Å². The van der Waals surface area contributed by atoms with Crippen molar-refractivity contribution in [3.05, 3.63) is 12.1 Å². The Balaban J connectivity index is 2.72. The summed E-state index contributed by atoms with van der Waals surface area (Å²) in [5.41, 5.74) is 6.37. The maximum absolute atomic E-state index is 5.80. The molecule has 0 saturated carbocycles. The first-order valence-electron chi connectivity index (χ1n) is 5.78. The Bertz CT molecular complexity index is 345. The Hall–Kier alpha value is -1.49. The number of methoxy groups -OCH3 is 1. The molecule has 0 saturated heterocycles. The van der Waals surface area contributed by atoms with E-state index in [1.54, 1.807) is 7.11 Å². The average molecular weight is 239 g/mol. The molecule has 0 unspecified atom stereocenters. The summed E-state index contributed by atoms with van der Waals surface area (Å²) < 4.78 is 10.5. The first-order valence-corrected chi connectivity index (χ1v) is 5.78. The third kappa shape index (κ3) is 4.11. The van der Waals surface area contributed by atoms with Crippen LogP contribution in [0.4, 0.5) is 11.5 Å². The summed E-state index contributed by atoms with van der Waals surface area (Å²) in [5.74, 6) is 1.34. The van der Waals surface area contributed by atoms with Crippen molar-refractivity contribution in [2.45, 2.75) is 13.3 Å². The second-order valence-electron chi connectivity index (χ2n) is 3.83. The van der Waals surface area contributed by atoms with Crippen LogP contribution in [0.2, 0.25) is 0 Å². The van der Waals surface area contributed by atoms with Crippen LogP contribution in [-0.2, 0) is 4.74 Å². The monoisotopic (exact) mass is 239 g/mol. The van der Waals surface area contributed by atoms with E-state index in [9.17, 15) is 0 Å². The van der Waals surface area contributed by atoms with Gasteiger partial charge in [0.15, 0.2) is 0 Å². The van der Waals surface area contributed by atoms with E-state index in [-0.39, 0.29) is 0 Å². The Labute approximate surface area is 103 Å². The average Bonchev–Trinajstić information content (AvgIpc) is 2.35. The van der Waals surface area contributed by atoms with E-state index in [0.717, 1.165) is 18.8 Å². The molecule has 0 amide bonds. The van der Waals surface area contributed by atoms with Gasteiger partial charge in [-0.05, 0) is 18.6 Å². The molecule has 5 nitrogen and oxygen atoms in total. The molecule has 1 aromatic rings. The largest absolute Gasteiger partial charge is 0.476 e. The van der Waals surface area contributed by atoms with E-state index in [4.69, 9.17) is 15.2 Å². The first kappa shape index (κ1) is 13.6. The van der Waals surface area contributed by atoms with E-state index >= 15 is 0 Å². The normalized spacial score (nSPS) is 10.3. The molecular formula is C12H21N3O2. The van der Waals surface area contributed by atoms with Crippen molar-refractivity contribution in [3.8, 4) is 5.88 Å². The number of rotatable bonds is 7. The molecular weight excluding hydrogens is 218 g/mol. The highest BCUT2D eigenvalue weighted by Gasteiger charge is 2.07. The van der Waals surface area contributed by atoms with Crippen molar-refractivity contribution < 1.29 is 9.47 Å². The van der Waals surface area contributed by atoms with Gasteiger partial charge in [-0.25, -0.2) is 0 Å². The van der Waals surface area contributed by atoms with Crippen LogP contribution in [0.3, 0.4) is 0 Å². The fourth-order valence-electron chi connectivity index (χ4n) is 1.31. The summed E-state index contributed by atoms with van der Waals surface area (Å²) in [6.45, 7) is 4.11. The minimum absolute atomic E-state index is 0.508. The zero-order chi connectivity index (χ0) is 12.7. The summed E-state index contributed by atoms with van der Waals surface area (Å²) in [6.07, 6.45) is 0.935. The molecule has 0 radical (unpaired) electrons. The molecule has 1 aromatic heterocycles. The lowest BCUT2D eigenvalue weighted by Gasteiger charge is -2.18. The summed E-state index contributed by atoms with van der Waals surface area (Å²) >= 11 is 0. The Morgan fingerprint density at radius 1 is 1.35 bits per heavy atom. The zero-order valence-electron chi connectivity index (χ0n) is 10.8. The van der Waals surface area contributed by atoms with Crippen LogP contribution in [0.1, 0.15) is 13.3 Å². The quantitative estimate of drug-likeness (QED) is 0.782. The van der Waals surface area contributed by atoms with Gasteiger partial charge in [-0.3, -0.25) is 0 Å². The predicted octanol–water partition coefficient (Wildman–Crippen LogP) is 1.54. The van der Waals surface area contributed by atoms with Gasteiger partial charge in [0.1, 0.15) is 5.82 Å². The fraction of sp³-hybridized carbons (Fsp3) is 0.583. The second kappa shape index (κ2) is 6.96. The molecule has 0 aliphatic heterocycles. The number of hydrogen-bond donors (Lipinski definition) is 1. The number of nitrogens with two attached hydrogens (primary N) is 1. The highest BCUT2D eigenvalue weighted by atomic mass is 16.5. The van der Waals surface area contributed by atoms with Gasteiger partial charge in [-0.2, -0.15) is 4.98 Å². The molecule has 0 aliphatic carbocycles. The van der Waals surface area contributed by atoms with Crippen molar-refractivity contribution in [1.29, 1.82) is 0 Å². The van der Waals surface area contributed by atoms with Crippen molar-refractivity contribution in [2.75, 3.05) is 44.5 Å². The molecule has 2 N–H and O–H groups in total. The van der Waals surface area contributed by atoms with E-state index in [1.807, 2.05) is 31.0 Å². The zero-order valence-corrected chi connectivity index (χ0v) is 10.8. The third-order valence-electron chi connectivity index (χ3n) is 2.34. The van der Waals surface area contributed by atoms with Gasteiger partial charge in [0.05, 0.1) is 18.9 Å². The Morgan fingerprint density at radius 3 is 2.76 bits per heavy atom. The van der Waals surface area contributed by atoms with E-state index in [2.05, 4.69) is 4.98 Å². The summed E-state index contributed by atoms with van der Waals surface area (Å²) in [6, 6.07) is 3.69. The molecule has 1 heterocycles. The molecule has 0 bridgehead atoms. The number of aromatic nitrogens is 1. The van der Waals surface area contributed by atoms with Crippen molar-refractivity contribution in [2.24, 2.45) is 0 Å². The van der Waals surface area contributed by atoms with Crippen LogP contribution in [0.15, 0.2) is 12.1 Å². The summed E-state index contributed by atoms with van der Waals surface area (Å²) in [4.78, 5) is 6.39. The third-order valence-corrected chi connectivity index (χ3v) is 2.34. The Morgan fingerprint density at radius 2 is 2.12 bits per heavy atom. The van der Waals surface area contributed by atoms with Gasteiger partial charge in [-0.15, -0.1) is 0 Å². The SMILES string of the molecule is CCCOc1nc(N(C)CCOC)ccc1N. The maximum Gasteiger partial charge on any atom is 0.239 e. The minimum Gasteiger partial charge on any atom is -0.476 e. The molecule has 0 aliphatic rings. The molecule has 0 fully saturated rings. The topological polar surface area (TPSA) is 60.6 Å². The van der Waals surface area contributed by atoms with Crippen LogP contribution in [-0.4, -0.2) is 38.9 Å². The fourth-order valence-corrected chi connectivity index (χ4v) is 1.31. The summed E-state index contributed by atoms with van der Waals surface area (Å²) in [5, 5.41) is 0. The van der Waals surface area contributed by atoms with Crippen LogP contribution >= 0.6 is 0 Å². The lowest BCUT2D eigenvalue weighted by atomic mass is 10.3. The van der Waals surface area contributed by atoms with Gasteiger partial charge in [0, 0.05) is 20.7 Å². The standard InChI is InChI=1S/C12H21N3O2/c1-4-8-17-12-10(13)5-6-11(14-12)15(2)7-9-16-3/h5-6H,4,7-9,13H2,1-3H3. The predicted molar refractivity (Wildman–Crippen MR) is 69.6 cm³/mol. The van der Waals surface area contributed by atoms with Crippen LogP contribution in [0.25, 0.3) is 0 Å². The smallest absolute Gasteiger partial charge is 0.239 e. The molecule has 0 atom stereocenters. The van der Waals surface area contributed by atoms with Gasteiger partial charge < -0.3 is 20.1 Å². The van der Waals surface area contributed by atoms with Gasteiger partial charge in [0.25, 0.3) is 0 Å². The van der Waals surface area contributed by atoms with Gasteiger partial charge in [-0.1, -0.05) is 6.92 Å². The highest BCUT2D eigenvalue weighted by molar-refractivity contribution is 5.54. The van der Waals surface area contributed by atoms with Crippen molar-refractivity contribution in [3.63, 3.8) is 0 Å². The number of pyridine rings is 1. The van der Waals surface area contributed by atoms with Crippen molar-refractivity contribution >= 4 is 11.5 Å². The molecule has 96 valence electrons. The number of nitrogens with zero attached hydrogens (tertiary/aromatic N) is 2. The first-order chi connectivity index (χ1) is 8.19. The van der Waals surface area contributed by atoms with E-state index in [0.29, 0.717) is 24.8 Å². The molecule has 17 heavy (non-hydrogen) atoms. The number of anilines is 2. The van der Waals surface area contributed by atoms with E-state index in [1.165, 1.54) is 0 Å².